The first kappa shape index (κ1) is 18.7. The highest BCUT2D eigenvalue weighted by Crippen LogP contribution is 2.47. The van der Waals surface area contributed by atoms with E-state index in [2.05, 4.69) is 20.8 Å². The van der Waals surface area contributed by atoms with Crippen LogP contribution in [0.5, 0.6) is 0 Å². The maximum Gasteiger partial charge on any atom is 0.166 e. The van der Waals surface area contributed by atoms with Crippen molar-refractivity contribution in [3.63, 3.8) is 0 Å². The maximum atomic E-state index is 13.1. The maximum absolute atomic E-state index is 13.1. The lowest BCUT2D eigenvalue weighted by Gasteiger charge is -2.30. The SMILES string of the molecule is CC1CCc2c(sc3nc4c(c(-c5ccco5)c23)C(=O)CC(C)(C)C4)C1.Cl. The molecule has 0 fully saturated rings. The first-order chi connectivity index (χ1) is 12.4. The van der Waals surface area contributed by atoms with Gasteiger partial charge in [-0.05, 0) is 54.7 Å². The quantitative estimate of drug-likeness (QED) is 0.483. The van der Waals surface area contributed by atoms with Gasteiger partial charge < -0.3 is 4.42 Å². The Morgan fingerprint density at radius 1 is 1.26 bits per heavy atom. The molecule has 27 heavy (non-hydrogen) atoms. The number of thiophene rings is 1. The Hall–Kier alpha value is -1.65. The van der Waals surface area contributed by atoms with Gasteiger partial charge in [0.25, 0.3) is 0 Å². The number of Topliss-reactive ketones (excluding diaryl/α,β-unsaturated/α-hetero) is 1. The molecule has 2 aliphatic carbocycles. The summed E-state index contributed by atoms with van der Waals surface area (Å²) in [4.78, 5) is 20.7. The fraction of sp³-hybridized carbons (Fsp3) is 0.455. The van der Waals surface area contributed by atoms with Gasteiger partial charge in [0.2, 0.25) is 0 Å². The van der Waals surface area contributed by atoms with E-state index >= 15 is 0 Å². The van der Waals surface area contributed by atoms with Crippen molar-refractivity contribution in [2.45, 2.75) is 52.9 Å². The molecule has 0 N–H and O–H groups in total. The van der Waals surface area contributed by atoms with Gasteiger partial charge in [0.15, 0.2) is 5.78 Å². The van der Waals surface area contributed by atoms with E-state index in [9.17, 15) is 4.79 Å². The second kappa shape index (κ2) is 6.46. The number of aromatic nitrogens is 1. The van der Waals surface area contributed by atoms with Crippen LogP contribution in [-0.4, -0.2) is 10.8 Å². The van der Waals surface area contributed by atoms with E-state index in [-0.39, 0.29) is 23.6 Å². The first-order valence-electron chi connectivity index (χ1n) is 9.47. The molecule has 5 heteroatoms. The molecule has 3 nitrogen and oxygen atoms in total. The molecule has 0 bridgehead atoms. The molecule has 1 atom stereocenters. The van der Waals surface area contributed by atoms with E-state index in [0.717, 1.165) is 52.6 Å². The minimum Gasteiger partial charge on any atom is -0.464 e. The second-order valence-electron chi connectivity index (χ2n) is 8.76. The average Bonchev–Trinajstić information content (AvgIpc) is 3.18. The van der Waals surface area contributed by atoms with E-state index < -0.39 is 0 Å². The summed E-state index contributed by atoms with van der Waals surface area (Å²) < 4.78 is 5.80. The molecule has 3 aromatic heterocycles. The van der Waals surface area contributed by atoms with Crippen LogP contribution in [0.25, 0.3) is 21.5 Å². The summed E-state index contributed by atoms with van der Waals surface area (Å²) in [5, 5.41) is 1.18. The largest absolute Gasteiger partial charge is 0.464 e. The normalized spacial score (nSPS) is 20.9. The summed E-state index contributed by atoms with van der Waals surface area (Å²) in [6, 6.07) is 3.89. The molecule has 0 aromatic carbocycles. The number of carbonyl (C=O) groups excluding carboxylic acids is 1. The zero-order valence-electron chi connectivity index (χ0n) is 15.9. The number of furan rings is 1. The van der Waals surface area contributed by atoms with Gasteiger partial charge in [-0.1, -0.05) is 20.8 Å². The topological polar surface area (TPSA) is 43.1 Å². The summed E-state index contributed by atoms with van der Waals surface area (Å²) in [6.45, 7) is 6.64. The molecular formula is C22H24ClNO2S. The number of ketones is 1. The lowest BCUT2D eigenvalue weighted by atomic mass is 9.74. The number of hydrogen-bond acceptors (Lipinski definition) is 4. The first-order valence-corrected chi connectivity index (χ1v) is 10.3. The van der Waals surface area contributed by atoms with Crippen molar-refractivity contribution in [1.82, 2.24) is 4.98 Å². The molecule has 0 spiro atoms. The number of aryl methyl sites for hydroxylation is 1. The minimum absolute atomic E-state index is 0. The molecule has 3 heterocycles. The van der Waals surface area contributed by atoms with Crippen molar-refractivity contribution in [1.29, 1.82) is 0 Å². The van der Waals surface area contributed by atoms with Gasteiger partial charge in [-0.3, -0.25) is 4.79 Å². The Kier molecular flexibility index (Phi) is 4.47. The van der Waals surface area contributed by atoms with Gasteiger partial charge >= 0.3 is 0 Å². The third-order valence-corrected chi connectivity index (χ3v) is 7.00. The zero-order valence-corrected chi connectivity index (χ0v) is 17.6. The summed E-state index contributed by atoms with van der Waals surface area (Å²) >= 11 is 1.83. The number of halogens is 1. The number of hydrogen-bond donors (Lipinski definition) is 0. The molecule has 3 aromatic rings. The highest BCUT2D eigenvalue weighted by atomic mass is 35.5. The van der Waals surface area contributed by atoms with Crippen LogP contribution < -0.4 is 0 Å². The van der Waals surface area contributed by atoms with Gasteiger partial charge in [0, 0.05) is 22.2 Å². The van der Waals surface area contributed by atoms with Crippen LogP contribution in [0.15, 0.2) is 22.8 Å². The summed E-state index contributed by atoms with van der Waals surface area (Å²) in [5.74, 6) is 1.74. The Morgan fingerprint density at radius 3 is 2.81 bits per heavy atom. The molecule has 142 valence electrons. The van der Waals surface area contributed by atoms with Crippen LogP contribution in [0, 0.1) is 11.3 Å². The summed E-state index contributed by atoms with van der Waals surface area (Å²) in [5.41, 5.74) is 4.14. The van der Waals surface area contributed by atoms with E-state index in [1.165, 1.54) is 22.2 Å². The van der Waals surface area contributed by atoms with Crippen LogP contribution in [0.2, 0.25) is 0 Å². The van der Waals surface area contributed by atoms with Crippen LogP contribution in [0.1, 0.15) is 60.1 Å². The van der Waals surface area contributed by atoms with Gasteiger partial charge in [-0.15, -0.1) is 23.7 Å². The lowest BCUT2D eigenvalue weighted by molar-refractivity contribution is 0.0911. The number of pyridine rings is 1. The zero-order chi connectivity index (χ0) is 18.1. The Morgan fingerprint density at radius 2 is 2.07 bits per heavy atom. The van der Waals surface area contributed by atoms with Crippen LogP contribution in [-0.2, 0) is 19.3 Å². The van der Waals surface area contributed by atoms with Crippen molar-refractivity contribution in [2.24, 2.45) is 11.3 Å². The fourth-order valence-corrected chi connectivity index (χ4v) is 6.07. The molecule has 0 aliphatic heterocycles. The molecule has 2 aliphatic rings. The van der Waals surface area contributed by atoms with Crippen LogP contribution in [0.4, 0.5) is 0 Å². The summed E-state index contributed by atoms with van der Waals surface area (Å²) in [7, 11) is 0. The lowest BCUT2D eigenvalue weighted by Crippen LogP contribution is -2.28. The second-order valence-corrected chi connectivity index (χ2v) is 9.84. The molecule has 5 rings (SSSR count). The number of nitrogens with zero attached hydrogens (tertiary/aromatic N) is 1. The smallest absolute Gasteiger partial charge is 0.166 e. The van der Waals surface area contributed by atoms with Gasteiger partial charge in [0.05, 0.1) is 17.5 Å². The molecule has 0 saturated heterocycles. The van der Waals surface area contributed by atoms with Crippen molar-refractivity contribution in [3.05, 3.63) is 40.1 Å². The van der Waals surface area contributed by atoms with Crippen LogP contribution in [0.3, 0.4) is 0 Å². The monoisotopic (exact) mass is 401 g/mol. The number of rotatable bonds is 1. The van der Waals surface area contributed by atoms with E-state index in [4.69, 9.17) is 9.40 Å². The Labute approximate surface area is 169 Å². The highest BCUT2D eigenvalue weighted by Gasteiger charge is 2.37. The third kappa shape index (κ3) is 2.94. The number of fused-ring (bicyclic) bond motifs is 4. The van der Waals surface area contributed by atoms with E-state index in [1.807, 2.05) is 23.5 Å². The van der Waals surface area contributed by atoms with Crippen molar-refractivity contribution in [3.8, 4) is 11.3 Å². The van der Waals surface area contributed by atoms with Crippen LogP contribution >= 0.6 is 23.7 Å². The molecule has 0 radical (unpaired) electrons. The Bertz CT molecular complexity index is 1030. The average molecular weight is 402 g/mol. The fourth-order valence-electron chi connectivity index (χ4n) is 4.66. The highest BCUT2D eigenvalue weighted by molar-refractivity contribution is 7.19. The van der Waals surface area contributed by atoms with Crippen molar-refractivity contribution < 1.29 is 9.21 Å². The minimum atomic E-state index is -0.0312. The van der Waals surface area contributed by atoms with Gasteiger partial charge in [-0.2, -0.15) is 0 Å². The standard InChI is InChI=1S/C22H23NO2S.ClH/c1-12-6-7-13-17(9-12)26-21-18(13)20(16-5-4-8-25-16)19-14(23-21)10-22(2,3)11-15(19)24;/h4-5,8,12H,6-7,9-11H2,1-3H3;1H. The molecule has 1 unspecified atom stereocenters. The van der Waals surface area contributed by atoms with E-state index in [0.29, 0.717) is 6.42 Å². The predicted octanol–water partition coefficient (Wildman–Crippen LogP) is 6.26. The van der Waals surface area contributed by atoms with E-state index in [1.54, 1.807) is 6.26 Å². The molecule has 0 saturated carbocycles. The molecular weight excluding hydrogens is 378 g/mol. The van der Waals surface area contributed by atoms with Gasteiger partial charge in [0.1, 0.15) is 10.6 Å². The molecule has 0 amide bonds. The van der Waals surface area contributed by atoms with Crippen molar-refractivity contribution >= 4 is 39.7 Å². The Balaban J connectivity index is 0.00000180. The number of carbonyl (C=O) groups is 1. The third-order valence-electron chi connectivity index (χ3n) is 5.85. The predicted molar refractivity (Wildman–Crippen MR) is 112 cm³/mol. The van der Waals surface area contributed by atoms with Gasteiger partial charge in [-0.25, -0.2) is 4.98 Å². The summed E-state index contributed by atoms with van der Waals surface area (Å²) in [6.07, 6.45) is 6.52. The van der Waals surface area contributed by atoms with Crippen molar-refractivity contribution in [2.75, 3.05) is 0 Å².